The van der Waals surface area contributed by atoms with E-state index in [1.165, 1.54) is 26.4 Å². The van der Waals surface area contributed by atoms with Gasteiger partial charge in [0.15, 0.2) is 11.5 Å². The number of carbonyl (C=O) groups excluding carboxylic acids is 1. The Balaban J connectivity index is 2.16. The fraction of sp³-hybridized carbons (Fsp3) is 0.235. The molecule has 2 aromatic carbocycles. The molecule has 0 aromatic heterocycles. The minimum atomic E-state index is -0.617. The van der Waals surface area contributed by atoms with E-state index in [2.05, 4.69) is 5.32 Å². The fourth-order valence-electron chi connectivity index (χ4n) is 2.26. The maximum absolute atomic E-state index is 12.3. The summed E-state index contributed by atoms with van der Waals surface area (Å²) in [6.45, 7) is 0.369. The summed E-state index contributed by atoms with van der Waals surface area (Å²) in [5.41, 5.74) is 0.676. The van der Waals surface area contributed by atoms with Crippen LogP contribution in [0.3, 0.4) is 0 Å². The van der Waals surface area contributed by atoms with Crippen molar-refractivity contribution in [2.24, 2.45) is 0 Å². The molecule has 7 nitrogen and oxygen atoms in total. The molecular formula is C17H18N2O5. The van der Waals surface area contributed by atoms with Crippen LogP contribution >= 0.6 is 0 Å². The van der Waals surface area contributed by atoms with Crippen molar-refractivity contribution in [1.29, 1.82) is 0 Å². The molecule has 0 atom stereocenters. The molecule has 0 aliphatic carbocycles. The molecule has 0 saturated carbocycles. The molecule has 0 radical (unpaired) electrons. The van der Waals surface area contributed by atoms with E-state index in [0.29, 0.717) is 13.0 Å². The van der Waals surface area contributed by atoms with Crippen LogP contribution in [0.5, 0.6) is 11.5 Å². The smallest absolute Gasteiger partial charge is 0.286 e. The SMILES string of the molecule is COc1cc(C(=O)NCCc2ccccc2)c([N+](=O)[O-])cc1OC. The number of hydrogen-bond acceptors (Lipinski definition) is 5. The second-order valence-corrected chi connectivity index (χ2v) is 4.97. The molecule has 0 spiro atoms. The van der Waals surface area contributed by atoms with E-state index in [1.54, 1.807) is 0 Å². The van der Waals surface area contributed by atoms with Gasteiger partial charge in [0.05, 0.1) is 25.2 Å². The lowest BCUT2D eigenvalue weighted by Crippen LogP contribution is -2.26. The summed E-state index contributed by atoms with van der Waals surface area (Å²) in [7, 11) is 2.78. The van der Waals surface area contributed by atoms with Gasteiger partial charge in [-0.2, -0.15) is 0 Å². The number of carbonyl (C=O) groups is 1. The van der Waals surface area contributed by atoms with E-state index in [0.717, 1.165) is 5.56 Å². The number of hydrogen-bond donors (Lipinski definition) is 1. The first-order valence-electron chi connectivity index (χ1n) is 7.29. The molecule has 0 fully saturated rings. The van der Waals surface area contributed by atoms with Crippen molar-refractivity contribution in [2.75, 3.05) is 20.8 Å². The van der Waals surface area contributed by atoms with E-state index in [1.807, 2.05) is 30.3 Å². The second-order valence-electron chi connectivity index (χ2n) is 4.97. The molecule has 0 heterocycles. The standard InChI is InChI=1S/C17H18N2O5/c1-23-15-10-13(14(19(21)22)11-16(15)24-2)17(20)18-9-8-12-6-4-3-5-7-12/h3-7,10-11H,8-9H2,1-2H3,(H,18,20). The Bertz CT molecular complexity index is 731. The van der Waals surface area contributed by atoms with Crippen LogP contribution < -0.4 is 14.8 Å². The van der Waals surface area contributed by atoms with Gasteiger partial charge in [-0.3, -0.25) is 14.9 Å². The molecule has 0 unspecified atom stereocenters. The molecule has 2 rings (SSSR count). The van der Waals surface area contributed by atoms with Gasteiger partial charge in [-0.1, -0.05) is 30.3 Å². The summed E-state index contributed by atoms with van der Waals surface area (Å²) in [5.74, 6) is -0.0695. The number of methoxy groups -OCH3 is 2. The zero-order chi connectivity index (χ0) is 17.5. The van der Waals surface area contributed by atoms with Gasteiger partial charge in [0.2, 0.25) is 0 Å². The quantitative estimate of drug-likeness (QED) is 0.622. The van der Waals surface area contributed by atoms with Gasteiger partial charge in [-0.15, -0.1) is 0 Å². The normalized spacial score (nSPS) is 10.1. The summed E-state index contributed by atoms with van der Waals surface area (Å²) < 4.78 is 10.1. The van der Waals surface area contributed by atoms with Crippen LogP contribution in [0.15, 0.2) is 42.5 Å². The van der Waals surface area contributed by atoms with Crippen LogP contribution in [0.4, 0.5) is 5.69 Å². The van der Waals surface area contributed by atoms with E-state index < -0.39 is 10.8 Å². The average Bonchev–Trinajstić information content (AvgIpc) is 2.61. The van der Waals surface area contributed by atoms with Crippen LogP contribution in [-0.2, 0) is 6.42 Å². The summed E-state index contributed by atoms with van der Waals surface area (Å²) in [6.07, 6.45) is 0.633. The summed E-state index contributed by atoms with van der Waals surface area (Å²) >= 11 is 0. The number of benzene rings is 2. The lowest BCUT2D eigenvalue weighted by atomic mass is 10.1. The van der Waals surface area contributed by atoms with E-state index in [9.17, 15) is 14.9 Å². The molecular weight excluding hydrogens is 312 g/mol. The van der Waals surface area contributed by atoms with E-state index in [-0.39, 0.29) is 22.7 Å². The number of ether oxygens (including phenoxy) is 2. The Hall–Kier alpha value is -3.09. The number of nitro benzene ring substituents is 1. The molecule has 0 aliphatic rings. The zero-order valence-electron chi connectivity index (χ0n) is 13.4. The van der Waals surface area contributed by atoms with Gasteiger partial charge in [0, 0.05) is 12.6 Å². The molecule has 1 amide bonds. The van der Waals surface area contributed by atoms with Crippen molar-refractivity contribution < 1.29 is 19.2 Å². The zero-order valence-corrected chi connectivity index (χ0v) is 13.4. The minimum Gasteiger partial charge on any atom is -0.493 e. The fourth-order valence-corrected chi connectivity index (χ4v) is 2.26. The Morgan fingerprint density at radius 3 is 2.33 bits per heavy atom. The van der Waals surface area contributed by atoms with Crippen LogP contribution in [0.1, 0.15) is 15.9 Å². The third-order valence-corrected chi connectivity index (χ3v) is 3.49. The third kappa shape index (κ3) is 4.01. The molecule has 126 valence electrons. The van der Waals surface area contributed by atoms with Crippen molar-refractivity contribution >= 4 is 11.6 Å². The van der Waals surface area contributed by atoms with Crippen molar-refractivity contribution in [2.45, 2.75) is 6.42 Å². The van der Waals surface area contributed by atoms with Crippen LogP contribution in [0.2, 0.25) is 0 Å². The third-order valence-electron chi connectivity index (χ3n) is 3.49. The van der Waals surface area contributed by atoms with Crippen molar-refractivity contribution in [3.05, 3.63) is 63.7 Å². The van der Waals surface area contributed by atoms with Crippen LogP contribution in [0.25, 0.3) is 0 Å². The topological polar surface area (TPSA) is 90.7 Å². The van der Waals surface area contributed by atoms with Gasteiger partial charge >= 0.3 is 0 Å². The highest BCUT2D eigenvalue weighted by Crippen LogP contribution is 2.34. The molecule has 2 aromatic rings. The number of nitrogens with one attached hydrogen (secondary N) is 1. The van der Waals surface area contributed by atoms with Crippen molar-refractivity contribution in [1.82, 2.24) is 5.32 Å². The Morgan fingerprint density at radius 1 is 1.12 bits per heavy atom. The lowest BCUT2D eigenvalue weighted by Gasteiger charge is -2.11. The monoisotopic (exact) mass is 330 g/mol. The Labute approximate surface area is 139 Å². The van der Waals surface area contributed by atoms with Gasteiger partial charge in [0.1, 0.15) is 5.56 Å². The van der Waals surface area contributed by atoms with Crippen LogP contribution in [-0.4, -0.2) is 31.6 Å². The first-order chi connectivity index (χ1) is 11.6. The highest BCUT2D eigenvalue weighted by Gasteiger charge is 2.24. The Morgan fingerprint density at radius 2 is 1.75 bits per heavy atom. The summed E-state index contributed by atoms with van der Waals surface area (Å²) in [5, 5.41) is 13.9. The number of nitrogens with zero attached hydrogens (tertiary/aromatic N) is 1. The molecule has 0 saturated heterocycles. The first-order valence-corrected chi connectivity index (χ1v) is 7.29. The van der Waals surface area contributed by atoms with Crippen molar-refractivity contribution in [3.63, 3.8) is 0 Å². The van der Waals surface area contributed by atoms with E-state index in [4.69, 9.17) is 9.47 Å². The first kappa shape index (κ1) is 17.3. The molecule has 0 bridgehead atoms. The predicted molar refractivity (Wildman–Crippen MR) is 88.7 cm³/mol. The average molecular weight is 330 g/mol. The Kier molecular flexibility index (Phi) is 5.73. The van der Waals surface area contributed by atoms with Gasteiger partial charge < -0.3 is 14.8 Å². The lowest BCUT2D eigenvalue weighted by molar-refractivity contribution is -0.385. The predicted octanol–water partition coefficient (Wildman–Crippen LogP) is 2.58. The summed E-state index contributed by atoms with van der Waals surface area (Å²) in [6, 6.07) is 12.1. The number of nitro groups is 1. The van der Waals surface area contributed by atoms with Crippen molar-refractivity contribution in [3.8, 4) is 11.5 Å². The van der Waals surface area contributed by atoms with Gasteiger partial charge in [-0.05, 0) is 12.0 Å². The maximum Gasteiger partial charge on any atom is 0.286 e. The van der Waals surface area contributed by atoms with Crippen LogP contribution in [0, 0.1) is 10.1 Å². The number of rotatable bonds is 7. The second kappa shape index (κ2) is 7.96. The highest BCUT2D eigenvalue weighted by atomic mass is 16.6. The summed E-state index contributed by atoms with van der Waals surface area (Å²) in [4.78, 5) is 22.9. The number of amides is 1. The molecule has 1 N–H and O–H groups in total. The molecule has 7 heteroatoms. The largest absolute Gasteiger partial charge is 0.493 e. The molecule has 0 aliphatic heterocycles. The van der Waals surface area contributed by atoms with E-state index >= 15 is 0 Å². The maximum atomic E-state index is 12.3. The van der Waals surface area contributed by atoms with Gasteiger partial charge in [-0.25, -0.2) is 0 Å². The minimum absolute atomic E-state index is 0.0642. The molecule has 24 heavy (non-hydrogen) atoms. The van der Waals surface area contributed by atoms with Gasteiger partial charge in [0.25, 0.3) is 11.6 Å². The highest BCUT2D eigenvalue weighted by molar-refractivity contribution is 5.99.